The molecule has 3 heteroatoms. The van der Waals surface area contributed by atoms with E-state index in [2.05, 4.69) is 12.6 Å². The van der Waals surface area contributed by atoms with Crippen molar-refractivity contribution in [2.75, 3.05) is 6.61 Å². The summed E-state index contributed by atoms with van der Waals surface area (Å²) >= 11 is 3.95. The third-order valence-corrected chi connectivity index (χ3v) is 1.20. The van der Waals surface area contributed by atoms with Crippen molar-refractivity contribution in [2.45, 2.75) is 32.9 Å². The Morgan fingerprint density at radius 2 is 2.00 bits per heavy atom. The van der Waals surface area contributed by atoms with Crippen molar-refractivity contribution in [1.82, 2.24) is 0 Å². The van der Waals surface area contributed by atoms with Gasteiger partial charge in [-0.15, -0.1) is 0 Å². The first-order valence-electron chi connectivity index (χ1n) is 3.67. The Balaban J connectivity index is 3.64. The summed E-state index contributed by atoms with van der Waals surface area (Å²) in [7, 11) is 0. The predicted octanol–water partition coefficient (Wildman–Crippen LogP) is 1.89. The van der Waals surface area contributed by atoms with E-state index >= 15 is 0 Å². The molecule has 0 saturated heterocycles. The minimum atomic E-state index is -0.322. The third kappa shape index (κ3) is 6.23. The van der Waals surface area contributed by atoms with E-state index < -0.39 is 0 Å². The summed E-state index contributed by atoms with van der Waals surface area (Å²) in [5.41, 5.74) is 0.0400. The third-order valence-electron chi connectivity index (χ3n) is 0.989. The van der Waals surface area contributed by atoms with Crippen molar-refractivity contribution in [1.29, 1.82) is 0 Å². The molecule has 11 heavy (non-hydrogen) atoms. The predicted molar refractivity (Wildman–Crippen MR) is 48.9 cm³/mol. The quantitative estimate of drug-likeness (QED) is 0.513. The zero-order chi connectivity index (χ0) is 9.07. The molecular formula is C8H16O2S. The van der Waals surface area contributed by atoms with Gasteiger partial charge in [-0.3, -0.25) is 4.79 Å². The Morgan fingerprint density at radius 3 is 2.27 bits per heavy atom. The zero-order valence-corrected chi connectivity index (χ0v) is 8.44. The van der Waals surface area contributed by atoms with Gasteiger partial charge in [0.15, 0.2) is 0 Å². The van der Waals surface area contributed by atoms with Crippen LogP contribution in [-0.4, -0.2) is 17.8 Å². The molecule has 66 valence electrons. The molecule has 0 bridgehead atoms. The molecule has 0 N–H and O–H groups in total. The second-order valence-electron chi connectivity index (χ2n) is 3.84. The summed E-state index contributed by atoms with van der Waals surface area (Å²) in [6.07, 6.45) is 0. The van der Waals surface area contributed by atoms with Crippen LogP contribution in [0, 0.1) is 5.41 Å². The van der Waals surface area contributed by atoms with Crippen LogP contribution in [0.25, 0.3) is 0 Å². The maximum atomic E-state index is 10.9. The van der Waals surface area contributed by atoms with Crippen molar-refractivity contribution >= 4 is 18.6 Å². The molecule has 0 radical (unpaired) electrons. The molecule has 0 aromatic heterocycles. The van der Waals surface area contributed by atoms with Crippen LogP contribution in [0.1, 0.15) is 27.7 Å². The van der Waals surface area contributed by atoms with E-state index in [1.54, 1.807) is 6.92 Å². The Hall–Kier alpha value is -0.180. The van der Waals surface area contributed by atoms with E-state index in [9.17, 15) is 4.79 Å². The van der Waals surface area contributed by atoms with Gasteiger partial charge < -0.3 is 4.74 Å². The number of hydrogen-bond acceptors (Lipinski definition) is 3. The van der Waals surface area contributed by atoms with E-state index in [0.29, 0.717) is 6.61 Å². The van der Waals surface area contributed by atoms with Crippen LogP contribution in [-0.2, 0) is 9.53 Å². The Bertz CT molecular complexity index is 136. The monoisotopic (exact) mass is 176 g/mol. The van der Waals surface area contributed by atoms with Crippen LogP contribution in [0.2, 0.25) is 0 Å². The van der Waals surface area contributed by atoms with Crippen LogP contribution >= 0.6 is 12.6 Å². The van der Waals surface area contributed by atoms with Gasteiger partial charge in [0.25, 0.3) is 0 Å². The van der Waals surface area contributed by atoms with Crippen molar-refractivity contribution in [3.05, 3.63) is 0 Å². The summed E-state index contributed by atoms with van der Waals surface area (Å²) < 4.78 is 4.95. The van der Waals surface area contributed by atoms with Crippen LogP contribution in [0.4, 0.5) is 0 Å². The highest BCUT2D eigenvalue weighted by molar-refractivity contribution is 7.81. The first-order chi connectivity index (χ1) is 4.83. The van der Waals surface area contributed by atoms with Gasteiger partial charge in [-0.05, 0) is 12.3 Å². The highest BCUT2D eigenvalue weighted by atomic mass is 32.1. The second kappa shape index (κ2) is 4.00. The first kappa shape index (κ1) is 10.8. The molecule has 0 amide bonds. The summed E-state index contributed by atoms with van der Waals surface area (Å²) in [4.78, 5) is 10.9. The fraction of sp³-hybridized carbons (Fsp3) is 0.875. The van der Waals surface area contributed by atoms with Crippen molar-refractivity contribution < 1.29 is 9.53 Å². The summed E-state index contributed by atoms with van der Waals surface area (Å²) in [5, 5.41) is -0.322. The number of hydrogen-bond donors (Lipinski definition) is 1. The maximum Gasteiger partial charge on any atom is 0.318 e. The molecule has 0 aliphatic heterocycles. The minimum Gasteiger partial charge on any atom is -0.464 e. The van der Waals surface area contributed by atoms with Gasteiger partial charge in [0.2, 0.25) is 0 Å². The lowest BCUT2D eigenvalue weighted by atomic mass is 9.99. The second-order valence-corrected chi connectivity index (χ2v) is 4.62. The first-order valence-corrected chi connectivity index (χ1v) is 4.19. The maximum absolute atomic E-state index is 10.9. The Labute approximate surface area is 73.7 Å². The van der Waals surface area contributed by atoms with Crippen LogP contribution in [0.15, 0.2) is 0 Å². The molecule has 0 saturated carbocycles. The molecular weight excluding hydrogens is 160 g/mol. The van der Waals surface area contributed by atoms with Gasteiger partial charge in [0.1, 0.15) is 0 Å². The Morgan fingerprint density at radius 1 is 1.55 bits per heavy atom. The molecule has 0 aliphatic carbocycles. The average Bonchev–Trinajstić information content (AvgIpc) is 1.80. The number of carbonyl (C=O) groups is 1. The molecule has 2 nitrogen and oxygen atoms in total. The van der Waals surface area contributed by atoms with Crippen molar-refractivity contribution in [3.8, 4) is 0 Å². The van der Waals surface area contributed by atoms with Crippen LogP contribution in [0.5, 0.6) is 0 Å². The molecule has 0 spiro atoms. The number of thiol groups is 1. The zero-order valence-electron chi connectivity index (χ0n) is 7.55. The van der Waals surface area contributed by atoms with Gasteiger partial charge >= 0.3 is 5.97 Å². The fourth-order valence-electron chi connectivity index (χ4n) is 0.408. The molecule has 0 aromatic carbocycles. The number of esters is 1. The average molecular weight is 176 g/mol. The summed E-state index contributed by atoms with van der Waals surface area (Å²) in [6, 6.07) is 0. The normalized spacial score (nSPS) is 14.3. The van der Waals surface area contributed by atoms with Gasteiger partial charge in [-0.2, -0.15) is 12.6 Å². The molecule has 0 fully saturated rings. The Kier molecular flexibility index (Phi) is 3.93. The largest absolute Gasteiger partial charge is 0.464 e. The van der Waals surface area contributed by atoms with Crippen molar-refractivity contribution in [3.63, 3.8) is 0 Å². The minimum absolute atomic E-state index is 0.0400. The topological polar surface area (TPSA) is 26.3 Å². The van der Waals surface area contributed by atoms with Gasteiger partial charge in [-0.25, -0.2) is 0 Å². The summed E-state index contributed by atoms with van der Waals surface area (Å²) in [6.45, 7) is 8.21. The van der Waals surface area contributed by atoms with E-state index in [-0.39, 0.29) is 16.6 Å². The smallest absolute Gasteiger partial charge is 0.318 e. The highest BCUT2D eigenvalue weighted by Gasteiger charge is 2.15. The summed E-state index contributed by atoms with van der Waals surface area (Å²) in [5.74, 6) is -0.247. The van der Waals surface area contributed by atoms with E-state index in [1.165, 1.54) is 0 Å². The molecule has 1 atom stereocenters. The van der Waals surface area contributed by atoms with Crippen LogP contribution < -0.4 is 0 Å². The van der Waals surface area contributed by atoms with E-state index in [1.807, 2.05) is 20.8 Å². The molecule has 0 aliphatic rings. The lowest BCUT2D eigenvalue weighted by Gasteiger charge is -2.18. The van der Waals surface area contributed by atoms with Crippen LogP contribution in [0.3, 0.4) is 0 Å². The molecule has 0 heterocycles. The lowest BCUT2D eigenvalue weighted by molar-refractivity contribution is -0.145. The van der Waals surface area contributed by atoms with E-state index in [0.717, 1.165) is 0 Å². The molecule has 0 unspecified atom stereocenters. The number of rotatable bonds is 2. The van der Waals surface area contributed by atoms with Crippen molar-refractivity contribution in [2.24, 2.45) is 5.41 Å². The molecule has 0 rings (SSSR count). The number of ether oxygens (including phenoxy) is 1. The van der Waals surface area contributed by atoms with E-state index in [4.69, 9.17) is 4.74 Å². The number of carbonyl (C=O) groups excluding carboxylic acids is 1. The lowest BCUT2D eigenvalue weighted by Crippen LogP contribution is -2.22. The fourth-order valence-corrected chi connectivity index (χ4v) is 0.483. The van der Waals surface area contributed by atoms with Gasteiger partial charge in [-0.1, -0.05) is 20.8 Å². The molecule has 0 aromatic rings. The standard InChI is InChI=1S/C8H16O2S/c1-6(11)7(9)10-5-8(2,3)4/h6,11H,5H2,1-4H3/t6-/m0/s1. The highest BCUT2D eigenvalue weighted by Crippen LogP contribution is 2.13. The SMILES string of the molecule is C[C@H](S)C(=O)OCC(C)(C)C. The van der Waals surface area contributed by atoms with Gasteiger partial charge in [0.05, 0.1) is 11.9 Å². The van der Waals surface area contributed by atoms with Gasteiger partial charge in [0, 0.05) is 0 Å².